The van der Waals surface area contributed by atoms with Crippen molar-refractivity contribution in [2.45, 2.75) is 26.1 Å². The van der Waals surface area contributed by atoms with Crippen LogP contribution in [0.4, 0.5) is 18.9 Å². The Hall–Kier alpha value is -3.23. The summed E-state index contributed by atoms with van der Waals surface area (Å²) in [6.45, 7) is 2.46. The minimum atomic E-state index is -4.78. The fraction of sp³-hybridized carbons (Fsp3) is 0.300. The minimum Gasteiger partial charge on any atom is -0.493 e. The Balaban J connectivity index is 2.33. The van der Waals surface area contributed by atoms with Gasteiger partial charge < -0.3 is 19.5 Å². The third kappa shape index (κ3) is 6.70. The number of carbonyl (C=O) groups is 2. The third-order valence-corrected chi connectivity index (χ3v) is 3.76. The Morgan fingerprint density at radius 2 is 1.76 bits per heavy atom. The van der Waals surface area contributed by atoms with Crippen LogP contribution >= 0.6 is 0 Å². The molecule has 0 heterocycles. The molecular formula is C20H20F3NO5. The first-order chi connectivity index (χ1) is 13.7. The Morgan fingerprint density at radius 1 is 1.07 bits per heavy atom. The number of rotatable bonds is 7. The zero-order chi connectivity index (χ0) is 21.4. The Kier molecular flexibility index (Phi) is 7.46. The lowest BCUT2D eigenvalue weighted by Crippen LogP contribution is -2.23. The van der Waals surface area contributed by atoms with Crippen LogP contribution in [0.2, 0.25) is 0 Å². The summed E-state index contributed by atoms with van der Waals surface area (Å²) in [5.74, 6) is -1.88. The molecule has 2 aromatic carbocycles. The van der Waals surface area contributed by atoms with Crippen molar-refractivity contribution >= 4 is 17.6 Å². The van der Waals surface area contributed by atoms with Crippen LogP contribution < -0.4 is 14.8 Å². The first kappa shape index (κ1) is 22.1. The van der Waals surface area contributed by atoms with E-state index in [1.54, 1.807) is 18.2 Å². The molecule has 0 spiro atoms. The number of alkyl halides is 3. The molecule has 0 saturated carbocycles. The predicted molar refractivity (Wildman–Crippen MR) is 99.6 cm³/mol. The molecule has 0 aromatic heterocycles. The zero-order valence-electron chi connectivity index (χ0n) is 15.8. The molecule has 1 N–H and O–H groups in total. The van der Waals surface area contributed by atoms with Crippen LogP contribution in [0.15, 0.2) is 42.5 Å². The van der Waals surface area contributed by atoms with Gasteiger partial charge in [0.1, 0.15) is 11.5 Å². The predicted octanol–water partition coefficient (Wildman–Crippen LogP) is 4.54. The van der Waals surface area contributed by atoms with Gasteiger partial charge in [-0.2, -0.15) is 0 Å². The number of anilines is 1. The minimum absolute atomic E-state index is 0.300. The van der Waals surface area contributed by atoms with Crippen molar-refractivity contribution in [3.05, 3.63) is 42.5 Å². The fourth-order valence-corrected chi connectivity index (χ4v) is 2.40. The maximum atomic E-state index is 12.4. The molecule has 29 heavy (non-hydrogen) atoms. The lowest BCUT2D eigenvalue weighted by Gasteiger charge is -2.15. The van der Waals surface area contributed by atoms with E-state index in [1.807, 2.05) is 6.92 Å². The smallest absolute Gasteiger partial charge is 0.493 e. The molecule has 1 amide bonds. The summed E-state index contributed by atoms with van der Waals surface area (Å²) in [5.41, 5.74) is 1.37. The average Bonchev–Trinajstić information content (AvgIpc) is 2.67. The summed E-state index contributed by atoms with van der Waals surface area (Å²) in [5, 5.41) is 2.40. The molecule has 0 bridgehead atoms. The van der Waals surface area contributed by atoms with E-state index in [4.69, 9.17) is 4.74 Å². The molecule has 0 aliphatic carbocycles. The lowest BCUT2D eigenvalue weighted by atomic mass is 10.0. The molecule has 0 unspecified atom stereocenters. The SMILES string of the molecule is CCCCOc1ccc(NC(=O)C(=O)OC)cc1-c1ccc(OC(F)(F)F)cc1. The third-order valence-electron chi connectivity index (χ3n) is 3.76. The van der Waals surface area contributed by atoms with Crippen molar-refractivity contribution in [1.29, 1.82) is 0 Å². The van der Waals surface area contributed by atoms with Gasteiger partial charge in [-0.1, -0.05) is 25.5 Å². The second-order valence-electron chi connectivity index (χ2n) is 5.93. The summed E-state index contributed by atoms with van der Waals surface area (Å²) in [4.78, 5) is 23.0. The van der Waals surface area contributed by atoms with Crippen molar-refractivity contribution in [3.63, 3.8) is 0 Å². The van der Waals surface area contributed by atoms with Gasteiger partial charge in [0.25, 0.3) is 0 Å². The van der Waals surface area contributed by atoms with Gasteiger partial charge >= 0.3 is 18.2 Å². The number of carbonyl (C=O) groups excluding carboxylic acids is 2. The average molecular weight is 411 g/mol. The second-order valence-corrected chi connectivity index (χ2v) is 5.93. The van der Waals surface area contributed by atoms with E-state index in [1.165, 1.54) is 24.3 Å². The van der Waals surface area contributed by atoms with Gasteiger partial charge in [0.05, 0.1) is 13.7 Å². The summed E-state index contributed by atoms with van der Waals surface area (Å²) in [6.07, 6.45) is -3.04. The van der Waals surface area contributed by atoms with Crippen LogP contribution in [0.5, 0.6) is 11.5 Å². The highest BCUT2D eigenvalue weighted by molar-refractivity contribution is 6.37. The molecule has 156 valence electrons. The number of ether oxygens (including phenoxy) is 3. The van der Waals surface area contributed by atoms with E-state index in [0.29, 0.717) is 29.2 Å². The van der Waals surface area contributed by atoms with Crippen molar-refractivity contribution < 1.29 is 37.0 Å². The van der Waals surface area contributed by atoms with Gasteiger partial charge in [-0.3, -0.25) is 4.79 Å². The van der Waals surface area contributed by atoms with Crippen LogP contribution in [0.1, 0.15) is 19.8 Å². The molecule has 9 heteroatoms. The van der Waals surface area contributed by atoms with Gasteiger partial charge in [-0.15, -0.1) is 13.2 Å². The molecule has 2 aromatic rings. The summed E-state index contributed by atoms with van der Waals surface area (Å²) in [6, 6.07) is 9.95. The van der Waals surface area contributed by atoms with Gasteiger partial charge in [0.15, 0.2) is 0 Å². The Labute approximate surface area is 165 Å². The van der Waals surface area contributed by atoms with Crippen molar-refractivity contribution in [3.8, 4) is 22.6 Å². The number of halogens is 3. The number of methoxy groups -OCH3 is 1. The molecule has 0 fully saturated rings. The van der Waals surface area contributed by atoms with Crippen LogP contribution in [0.25, 0.3) is 11.1 Å². The second kappa shape index (κ2) is 9.81. The van der Waals surface area contributed by atoms with E-state index >= 15 is 0 Å². The number of unbranched alkanes of at least 4 members (excludes halogenated alkanes) is 1. The molecule has 0 aliphatic rings. The van der Waals surface area contributed by atoms with E-state index in [9.17, 15) is 22.8 Å². The molecule has 6 nitrogen and oxygen atoms in total. The Morgan fingerprint density at radius 3 is 2.34 bits per heavy atom. The number of esters is 1. The number of amides is 1. The first-order valence-electron chi connectivity index (χ1n) is 8.76. The number of hydrogen-bond acceptors (Lipinski definition) is 5. The largest absolute Gasteiger partial charge is 0.573 e. The topological polar surface area (TPSA) is 73.9 Å². The van der Waals surface area contributed by atoms with Crippen LogP contribution in [-0.2, 0) is 14.3 Å². The zero-order valence-corrected chi connectivity index (χ0v) is 15.8. The van der Waals surface area contributed by atoms with Gasteiger partial charge in [0.2, 0.25) is 0 Å². The molecule has 2 rings (SSSR count). The monoisotopic (exact) mass is 411 g/mol. The lowest BCUT2D eigenvalue weighted by molar-refractivity contribution is -0.274. The first-order valence-corrected chi connectivity index (χ1v) is 8.76. The van der Waals surface area contributed by atoms with E-state index in [-0.39, 0.29) is 5.75 Å². The maximum absolute atomic E-state index is 12.4. The highest BCUT2D eigenvalue weighted by atomic mass is 19.4. The van der Waals surface area contributed by atoms with Crippen molar-refractivity contribution in [2.24, 2.45) is 0 Å². The standard InChI is InChI=1S/C20H20F3NO5/c1-3-4-11-28-17-10-7-14(24-18(25)19(26)27-2)12-16(17)13-5-8-15(9-6-13)29-20(21,22)23/h5-10,12H,3-4,11H2,1-2H3,(H,24,25). The molecule has 0 saturated heterocycles. The number of benzene rings is 2. The molecule has 0 aliphatic heterocycles. The Bertz CT molecular complexity index is 850. The van der Waals surface area contributed by atoms with E-state index < -0.39 is 18.2 Å². The molecular weight excluding hydrogens is 391 g/mol. The van der Waals surface area contributed by atoms with E-state index in [2.05, 4.69) is 14.8 Å². The van der Waals surface area contributed by atoms with Crippen molar-refractivity contribution in [2.75, 3.05) is 19.0 Å². The number of hydrogen-bond donors (Lipinski definition) is 1. The highest BCUT2D eigenvalue weighted by Gasteiger charge is 2.31. The van der Waals surface area contributed by atoms with Gasteiger partial charge in [-0.25, -0.2) is 4.79 Å². The van der Waals surface area contributed by atoms with Gasteiger partial charge in [0, 0.05) is 11.3 Å². The summed E-state index contributed by atoms with van der Waals surface area (Å²) < 4.78 is 51.0. The van der Waals surface area contributed by atoms with Crippen molar-refractivity contribution in [1.82, 2.24) is 0 Å². The summed E-state index contributed by atoms with van der Waals surface area (Å²) in [7, 11) is 1.09. The molecule has 0 radical (unpaired) electrons. The van der Waals surface area contributed by atoms with Gasteiger partial charge in [-0.05, 0) is 42.3 Å². The normalized spacial score (nSPS) is 10.9. The quantitative estimate of drug-likeness (QED) is 0.411. The maximum Gasteiger partial charge on any atom is 0.573 e. The van der Waals surface area contributed by atoms with Crippen LogP contribution in [0, 0.1) is 0 Å². The fourth-order valence-electron chi connectivity index (χ4n) is 2.40. The molecule has 0 atom stereocenters. The van der Waals surface area contributed by atoms with Crippen LogP contribution in [-0.4, -0.2) is 32.0 Å². The number of nitrogens with one attached hydrogen (secondary N) is 1. The van der Waals surface area contributed by atoms with Crippen LogP contribution in [0.3, 0.4) is 0 Å². The van der Waals surface area contributed by atoms with E-state index in [0.717, 1.165) is 20.0 Å². The summed E-state index contributed by atoms with van der Waals surface area (Å²) >= 11 is 0. The highest BCUT2D eigenvalue weighted by Crippen LogP contribution is 2.34.